The maximum absolute atomic E-state index is 14.1. The molecule has 2 rings (SSSR count). The molecule has 6 heteroatoms. The van der Waals surface area contributed by atoms with Crippen molar-refractivity contribution in [2.45, 2.75) is 31.9 Å². The zero-order valence-electron chi connectivity index (χ0n) is 10.1. The molecule has 0 bridgehead atoms. The van der Waals surface area contributed by atoms with Crippen molar-refractivity contribution < 1.29 is 14.0 Å². The number of hydrogen-bond acceptors (Lipinski definition) is 3. The highest BCUT2D eigenvalue weighted by molar-refractivity contribution is 9.10. The number of benzene rings is 1. The van der Waals surface area contributed by atoms with Crippen molar-refractivity contribution in [3.8, 4) is 5.75 Å². The van der Waals surface area contributed by atoms with Gasteiger partial charge in [0.2, 0.25) is 0 Å². The van der Waals surface area contributed by atoms with E-state index in [1.807, 2.05) is 0 Å². The minimum absolute atomic E-state index is 0.0734. The zero-order chi connectivity index (χ0) is 13.3. The highest BCUT2D eigenvalue weighted by Gasteiger charge is 2.38. The first-order valence-corrected chi connectivity index (χ1v) is 6.89. The van der Waals surface area contributed by atoms with Gasteiger partial charge in [-0.3, -0.25) is 0 Å². The third kappa shape index (κ3) is 2.37. The van der Waals surface area contributed by atoms with E-state index in [0.717, 1.165) is 12.8 Å². The van der Waals surface area contributed by atoms with Crippen molar-refractivity contribution in [3.63, 3.8) is 0 Å². The second-order valence-corrected chi connectivity index (χ2v) is 5.40. The summed E-state index contributed by atoms with van der Waals surface area (Å²) in [7, 11) is 1.50. The summed E-state index contributed by atoms with van der Waals surface area (Å²) >= 11 is 9.20. The first-order valence-electron chi connectivity index (χ1n) is 5.72. The van der Waals surface area contributed by atoms with E-state index >= 15 is 0 Å². The Hall–Kier alpha value is -0.360. The Kier molecular flexibility index (Phi) is 4.48. The van der Waals surface area contributed by atoms with Crippen molar-refractivity contribution in [2.75, 3.05) is 7.11 Å². The molecule has 0 saturated heterocycles. The molecule has 0 spiro atoms. The van der Waals surface area contributed by atoms with Crippen LogP contribution in [0, 0.1) is 5.82 Å². The van der Waals surface area contributed by atoms with Crippen LogP contribution in [0.25, 0.3) is 0 Å². The number of halogens is 3. The summed E-state index contributed by atoms with van der Waals surface area (Å²) in [5, 5.41) is 0.0734. The first kappa shape index (κ1) is 14.1. The molecule has 0 aromatic heterocycles. The monoisotopic (exact) mass is 337 g/mol. The van der Waals surface area contributed by atoms with Crippen LogP contribution in [0.3, 0.4) is 0 Å². The molecule has 1 aliphatic rings. The molecule has 0 saturated carbocycles. The van der Waals surface area contributed by atoms with Crippen molar-refractivity contribution in [2.24, 2.45) is 0 Å². The quantitative estimate of drug-likeness (QED) is 0.665. The van der Waals surface area contributed by atoms with Crippen LogP contribution in [-0.4, -0.2) is 13.2 Å². The molecule has 0 fully saturated rings. The Labute approximate surface area is 119 Å². The van der Waals surface area contributed by atoms with Gasteiger partial charge in [-0.15, -0.1) is 0 Å². The highest BCUT2D eigenvalue weighted by atomic mass is 79.9. The number of fused-ring (bicyclic) bond motifs is 1. The molecule has 0 aliphatic carbocycles. The maximum atomic E-state index is 14.1. The Balaban J connectivity index is 2.46. The summed E-state index contributed by atoms with van der Waals surface area (Å²) in [6.45, 7) is 2.05. The van der Waals surface area contributed by atoms with E-state index in [4.69, 9.17) is 21.2 Å². The molecule has 1 aromatic carbocycles. The van der Waals surface area contributed by atoms with Gasteiger partial charge in [0.05, 0.1) is 22.2 Å². The second kappa shape index (κ2) is 5.74. The van der Waals surface area contributed by atoms with Crippen LogP contribution in [0.1, 0.15) is 31.4 Å². The van der Waals surface area contributed by atoms with Gasteiger partial charge in [-0.05, 0) is 28.4 Å². The van der Waals surface area contributed by atoms with E-state index in [2.05, 4.69) is 28.3 Å². The topological polar surface area (TPSA) is 30.5 Å². The minimum Gasteiger partial charge on any atom is -0.487 e. The third-order valence-corrected chi connectivity index (χ3v) is 3.80. The Morgan fingerprint density at radius 1 is 1.61 bits per heavy atom. The van der Waals surface area contributed by atoms with Crippen molar-refractivity contribution in [1.29, 1.82) is 0 Å². The molecule has 1 aliphatic heterocycles. The highest BCUT2D eigenvalue weighted by Crippen LogP contribution is 2.46. The Bertz CT molecular complexity index is 458. The van der Waals surface area contributed by atoms with Gasteiger partial charge in [-0.1, -0.05) is 24.9 Å². The lowest BCUT2D eigenvalue weighted by molar-refractivity contribution is 0.0261. The fourth-order valence-corrected chi connectivity index (χ4v) is 3.05. The van der Waals surface area contributed by atoms with Crippen molar-refractivity contribution in [1.82, 2.24) is 5.48 Å². The number of rotatable bonds is 4. The fraction of sp³-hybridized carbons (Fsp3) is 0.500. The summed E-state index contributed by atoms with van der Waals surface area (Å²) in [5.74, 6) is 0.0490. The van der Waals surface area contributed by atoms with Crippen LogP contribution in [0.4, 0.5) is 4.39 Å². The lowest BCUT2D eigenvalue weighted by Crippen LogP contribution is -2.30. The maximum Gasteiger partial charge on any atom is 0.150 e. The van der Waals surface area contributed by atoms with Gasteiger partial charge in [0.15, 0.2) is 5.82 Å². The van der Waals surface area contributed by atoms with Gasteiger partial charge in [0, 0.05) is 0 Å². The van der Waals surface area contributed by atoms with Crippen LogP contribution in [0.2, 0.25) is 5.02 Å². The molecule has 1 N–H and O–H groups in total. The summed E-state index contributed by atoms with van der Waals surface area (Å²) < 4.78 is 20.6. The summed E-state index contributed by atoms with van der Waals surface area (Å²) in [4.78, 5) is 4.94. The Morgan fingerprint density at radius 2 is 2.33 bits per heavy atom. The summed E-state index contributed by atoms with van der Waals surface area (Å²) in [6, 6.07) is 1.16. The average Bonchev–Trinajstić information content (AvgIpc) is 2.67. The summed E-state index contributed by atoms with van der Waals surface area (Å²) in [6.07, 6.45) is 1.58. The zero-order valence-corrected chi connectivity index (χ0v) is 12.4. The standard InChI is InChI=1S/C12H14BrClFNO2/c1-3-4-8-11(16-17-2)9-10(15)7(14)5-6(13)12(9)18-8/h5,8,11,16H,3-4H2,1-2H3. The molecule has 1 heterocycles. The number of ether oxygens (including phenoxy) is 1. The lowest BCUT2D eigenvalue weighted by Gasteiger charge is -2.18. The van der Waals surface area contributed by atoms with E-state index in [1.54, 1.807) is 0 Å². The molecule has 2 unspecified atom stereocenters. The fourth-order valence-electron chi connectivity index (χ4n) is 2.17. The molecular weight excluding hydrogens is 324 g/mol. The SMILES string of the molecule is CCCC1Oc2c(Br)cc(Cl)c(F)c2C1NOC. The van der Waals surface area contributed by atoms with Gasteiger partial charge < -0.3 is 9.57 Å². The number of hydroxylamine groups is 1. The van der Waals surface area contributed by atoms with E-state index in [-0.39, 0.29) is 17.2 Å². The van der Waals surface area contributed by atoms with E-state index < -0.39 is 5.82 Å². The number of nitrogens with one attached hydrogen (secondary N) is 1. The molecule has 0 amide bonds. The van der Waals surface area contributed by atoms with Gasteiger partial charge >= 0.3 is 0 Å². The molecule has 1 aromatic rings. The van der Waals surface area contributed by atoms with E-state index in [0.29, 0.717) is 15.8 Å². The molecule has 3 nitrogen and oxygen atoms in total. The normalized spacial score (nSPS) is 21.8. The predicted molar refractivity (Wildman–Crippen MR) is 71.3 cm³/mol. The van der Waals surface area contributed by atoms with Crippen molar-refractivity contribution in [3.05, 3.63) is 26.9 Å². The van der Waals surface area contributed by atoms with Crippen molar-refractivity contribution >= 4 is 27.5 Å². The third-order valence-electron chi connectivity index (χ3n) is 2.93. The molecule has 0 radical (unpaired) electrons. The van der Waals surface area contributed by atoms with Gasteiger partial charge in [-0.25, -0.2) is 4.39 Å². The molecule has 2 atom stereocenters. The van der Waals surface area contributed by atoms with Gasteiger partial charge in [0.25, 0.3) is 0 Å². The molecule has 100 valence electrons. The van der Waals surface area contributed by atoms with Crippen LogP contribution in [0.5, 0.6) is 5.75 Å². The smallest absolute Gasteiger partial charge is 0.150 e. The largest absolute Gasteiger partial charge is 0.487 e. The second-order valence-electron chi connectivity index (χ2n) is 4.14. The molecule has 18 heavy (non-hydrogen) atoms. The van der Waals surface area contributed by atoms with Crippen LogP contribution >= 0.6 is 27.5 Å². The lowest BCUT2D eigenvalue weighted by atomic mass is 10.0. The van der Waals surface area contributed by atoms with Gasteiger partial charge in [-0.2, -0.15) is 5.48 Å². The minimum atomic E-state index is -0.456. The molecular formula is C12H14BrClFNO2. The van der Waals surface area contributed by atoms with Crippen LogP contribution in [-0.2, 0) is 4.84 Å². The predicted octanol–water partition coefficient (Wildman–Crippen LogP) is 3.99. The van der Waals surface area contributed by atoms with Gasteiger partial charge in [0.1, 0.15) is 17.9 Å². The first-order chi connectivity index (χ1) is 8.60. The number of hydrogen-bond donors (Lipinski definition) is 1. The summed E-state index contributed by atoms with van der Waals surface area (Å²) in [5.41, 5.74) is 3.21. The van der Waals surface area contributed by atoms with E-state index in [1.165, 1.54) is 13.2 Å². The van der Waals surface area contributed by atoms with E-state index in [9.17, 15) is 4.39 Å². The van der Waals surface area contributed by atoms with Crippen LogP contribution in [0.15, 0.2) is 10.5 Å². The Morgan fingerprint density at radius 3 is 2.94 bits per heavy atom. The average molecular weight is 339 g/mol. The van der Waals surface area contributed by atoms with Crippen LogP contribution < -0.4 is 10.2 Å².